The number of hydrogen-bond donors (Lipinski definition) is 2. The van der Waals surface area contributed by atoms with E-state index in [9.17, 15) is 10.4 Å². The molecule has 0 radical (unpaired) electrons. The van der Waals surface area contributed by atoms with Crippen molar-refractivity contribution in [3.63, 3.8) is 0 Å². The number of nitrogens with zero attached hydrogens (tertiary/aromatic N) is 1. The maximum absolute atomic E-state index is 9.75. The molecule has 0 unspecified atom stereocenters. The van der Waals surface area contributed by atoms with Crippen LogP contribution >= 0.6 is 15.9 Å². The Morgan fingerprint density at radius 1 is 1.41 bits per heavy atom. The molecule has 1 atom stereocenters. The number of nitrogens with two attached hydrogens (primary N) is 1. The van der Waals surface area contributed by atoms with E-state index in [4.69, 9.17) is 19.9 Å². The standard InChI is InChI=1S/C20H17BrN2O4/c1-3-6-26-19-15(21)7-11(8-17(19)25-2)18-13-5-4-12(24)9-16(13)27-20(23)14(18)10-22/h3-5,7-9,18,24H,1,6,23H2,2H3/t18-/m1/s1. The molecule has 0 spiro atoms. The zero-order chi connectivity index (χ0) is 19.6. The van der Waals surface area contributed by atoms with Gasteiger partial charge in [-0.15, -0.1) is 0 Å². The smallest absolute Gasteiger partial charge is 0.205 e. The Labute approximate surface area is 165 Å². The number of methoxy groups -OCH3 is 1. The molecule has 2 aromatic carbocycles. The van der Waals surface area contributed by atoms with Crippen LogP contribution in [0.2, 0.25) is 0 Å². The number of phenols is 1. The summed E-state index contributed by atoms with van der Waals surface area (Å²) in [6.07, 6.45) is 1.64. The quantitative estimate of drug-likeness (QED) is 0.699. The van der Waals surface area contributed by atoms with Gasteiger partial charge in [-0.05, 0) is 39.7 Å². The highest BCUT2D eigenvalue weighted by molar-refractivity contribution is 9.10. The third-order valence-electron chi connectivity index (χ3n) is 4.13. The van der Waals surface area contributed by atoms with Gasteiger partial charge < -0.3 is 25.1 Å². The van der Waals surface area contributed by atoms with Crippen LogP contribution in [0.4, 0.5) is 0 Å². The molecule has 0 saturated carbocycles. The number of allylic oxidation sites excluding steroid dienone is 1. The number of benzene rings is 2. The molecule has 1 heterocycles. The van der Waals surface area contributed by atoms with Crippen LogP contribution in [0.3, 0.4) is 0 Å². The molecule has 0 saturated heterocycles. The van der Waals surface area contributed by atoms with Crippen LogP contribution in [-0.2, 0) is 0 Å². The van der Waals surface area contributed by atoms with Crippen molar-refractivity contribution in [2.24, 2.45) is 5.73 Å². The van der Waals surface area contributed by atoms with Crippen molar-refractivity contribution in [2.45, 2.75) is 5.92 Å². The maximum atomic E-state index is 9.75. The van der Waals surface area contributed by atoms with Crippen molar-refractivity contribution < 1.29 is 19.3 Å². The summed E-state index contributed by atoms with van der Waals surface area (Å²) in [6.45, 7) is 3.97. The van der Waals surface area contributed by atoms with Crippen LogP contribution in [0.1, 0.15) is 17.0 Å². The van der Waals surface area contributed by atoms with E-state index in [2.05, 4.69) is 28.6 Å². The first kappa shape index (κ1) is 18.7. The molecule has 0 bridgehead atoms. The zero-order valence-corrected chi connectivity index (χ0v) is 16.1. The first-order valence-corrected chi connectivity index (χ1v) is 8.81. The molecule has 0 amide bonds. The van der Waals surface area contributed by atoms with Gasteiger partial charge >= 0.3 is 0 Å². The second kappa shape index (κ2) is 7.64. The fraction of sp³-hybridized carbons (Fsp3) is 0.150. The van der Waals surface area contributed by atoms with Crippen LogP contribution in [0, 0.1) is 11.3 Å². The third-order valence-corrected chi connectivity index (χ3v) is 4.72. The largest absolute Gasteiger partial charge is 0.508 e. The van der Waals surface area contributed by atoms with Gasteiger partial charge in [0.05, 0.1) is 17.5 Å². The van der Waals surface area contributed by atoms with Gasteiger partial charge in [0.1, 0.15) is 29.7 Å². The van der Waals surface area contributed by atoms with Gasteiger partial charge in [0.15, 0.2) is 11.5 Å². The summed E-state index contributed by atoms with van der Waals surface area (Å²) in [7, 11) is 1.54. The SMILES string of the molecule is C=CCOc1c(Br)cc([C@H]2C(C#N)=C(N)Oc3cc(O)ccc32)cc1OC. The van der Waals surface area contributed by atoms with Crippen LogP contribution in [0.15, 0.2) is 58.9 Å². The zero-order valence-electron chi connectivity index (χ0n) is 14.5. The maximum Gasteiger partial charge on any atom is 0.205 e. The Balaban J connectivity index is 2.18. The molecule has 3 N–H and O–H groups in total. The average molecular weight is 429 g/mol. The minimum Gasteiger partial charge on any atom is -0.508 e. The number of nitriles is 1. The lowest BCUT2D eigenvalue weighted by molar-refractivity contribution is 0.324. The summed E-state index contributed by atoms with van der Waals surface area (Å²) in [5.41, 5.74) is 7.72. The number of halogens is 1. The monoisotopic (exact) mass is 428 g/mol. The lowest BCUT2D eigenvalue weighted by Crippen LogP contribution is -2.21. The fourth-order valence-electron chi connectivity index (χ4n) is 2.98. The molecule has 3 rings (SSSR count). The lowest BCUT2D eigenvalue weighted by Gasteiger charge is -2.27. The number of rotatable bonds is 5. The summed E-state index contributed by atoms with van der Waals surface area (Å²) in [4.78, 5) is 0. The highest BCUT2D eigenvalue weighted by Gasteiger charge is 2.32. The number of fused-ring (bicyclic) bond motifs is 1. The average Bonchev–Trinajstić information content (AvgIpc) is 2.65. The normalized spacial score (nSPS) is 15.4. The molecule has 0 aromatic heterocycles. The number of ether oxygens (including phenoxy) is 3. The van der Waals surface area contributed by atoms with Crippen molar-refractivity contribution in [3.8, 4) is 29.1 Å². The number of aromatic hydroxyl groups is 1. The van der Waals surface area contributed by atoms with Crippen molar-refractivity contribution in [2.75, 3.05) is 13.7 Å². The Kier molecular flexibility index (Phi) is 5.28. The Morgan fingerprint density at radius 3 is 2.85 bits per heavy atom. The summed E-state index contributed by atoms with van der Waals surface area (Å²) >= 11 is 3.50. The molecule has 2 aromatic rings. The van der Waals surface area contributed by atoms with Gasteiger partial charge in [0.2, 0.25) is 5.88 Å². The van der Waals surface area contributed by atoms with Crippen molar-refractivity contribution in [3.05, 3.63) is 70.0 Å². The Hall–Kier alpha value is -3.11. The van der Waals surface area contributed by atoms with Crippen molar-refractivity contribution in [1.29, 1.82) is 5.26 Å². The molecule has 7 heteroatoms. The molecule has 27 heavy (non-hydrogen) atoms. The second-order valence-electron chi connectivity index (χ2n) is 5.78. The van der Waals surface area contributed by atoms with Crippen molar-refractivity contribution in [1.82, 2.24) is 0 Å². The van der Waals surface area contributed by atoms with Gasteiger partial charge in [-0.1, -0.05) is 18.7 Å². The summed E-state index contributed by atoms with van der Waals surface area (Å²) < 4.78 is 17.3. The minimum atomic E-state index is -0.474. The van der Waals surface area contributed by atoms with E-state index in [-0.39, 0.29) is 17.2 Å². The van der Waals surface area contributed by atoms with Gasteiger partial charge in [0.25, 0.3) is 0 Å². The first-order chi connectivity index (χ1) is 13.0. The molecular weight excluding hydrogens is 412 g/mol. The molecule has 0 fully saturated rings. The Morgan fingerprint density at radius 2 is 2.19 bits per heavy atom. The van der Waals surface area contributed by atoms with Gasteiger partial charge in [-0.3, -0.25) is 0 Å². The van der Waals surface area contributed by atoms with Crippen molar-refractivity contribution >= 4 is 15.9 Å². The fourth-order valence-corrected chi connectivity index (χ4v) is 3.55. The van der Waals surface area contributed by atoms with E-state index in [1.165, 1.54) is 13.2 Å². The summed E-state index contributed by atoms with van der Waals surface area (Å²) in [5, 5.41) is 19.4. The van der Waals surface area contributed by atoms with E-state index < -0.39 is 5.92 Å². The predicted octanol–water partition coefficient (Wildman–Crippen LogP) is 3.95. The predicted molar refractivity (Wildman–Crippen MR) is 104 cm³/mol. The topological polar surface area (TPSA) is 97.7 Å². The van der Waals surface area contributed by atoms with Crippen LogP contribution < -0.4 is 19.9 Å². The highest BCUT2D eigenvalue weighted by Crippen LogP contribution is 2.46. The molecular formula is C20H17BrN2O4. The minimum absolute atomic E-state index is 0.00248. The van der Waals surface area contributed by atoms with Gasteiger partial charge in [-0.25, -0.2) is 0 Å². The molecule has 1 aliphatic rings. The van der Waals surface area contributed by atoms with E-state index in [1.54, 1.807) is 24.3 Å². The van der Waals surface area contributed by atoms with Crippen LogP contribution in [0.5, 0.6) is 23.0 Å². The van der Waals surface area contributed by atoms with Crippen LogP contribution in [0.25, 0.3) is 0 Å². The van der Waals surface area contributed by atoms with E-state index >= 15 is 0 Å². The van der Waals surface area contributed by atoms with E-state index in [0.717, 1.165) is 5.56 Å². The van der Waals surface area contributed by atoms with E-state index in [1.807, 2.05) is 6.07 Å². The van der Waals surface area contributed by atoms with Crippen LogP contribution in [-0.4, -0.2) is 18.8 Å². The van der Waals surface area contributed by atoms with Gasteiger partial charge in [-0.2, -0.15) is 5.26 Å². The third kappa shape index (κ3) is 3.44. The number of hydrogen-bond acceptors (Lipinski definition) is 6. The highest BCUT2D eigenvalue weighted by atomic mass is 79.9. The summed E-state index contributed by atoms with van der Waals surface area (Å²) in [5.74, 6) is 1.02. The lowest BCUT2D eigenvalue weighted by atomic mass is 9.83. The molecule has 1 aliphatic heterocycles. The summed E-state index contributed by atoms with van der Waals surface area (Å²) in [6, 6.07) is 10.5. The second-order valence-corrected chi connectivity index (χ2v) is 6.64. The number of phenolic OH excluding ortho intramolecular Hbond substituents is 1. The molecule has 0 aliphatic carbocycles. The molecule has 6 nitrogen and oxygen atoms in total. The Bertz CT molecular complexity index is 979. The van der Waals surface area contributed by atoms with Gasteiger partial charge in [0, 0.05) is 11.6 Å². The molecule has 138 valence electrons. The van der Waals surface area contributed by atoms with E-state index in [0.29, 0.717) is 33.9 Å². The first-order valence-electron chi connectivity index (χ1n) is 8.01.